The molecule has 0 radical (unpaired) electrons. The lowest BCUT2D eigenvalue weighted by Crippen LogP contribution is -2.34. The molecule has 8 heteroatoms. The highest BCUT2D eigenvalue weighted by Crippen LogP contribution is 2.32. The smallest absolute Gasteiger partial charge is 0.330 e. The van der Waals surface area contributed by atoms with Gasteiger partial charge in [-0.2, -0.15) is 4.39 Å². The maximum atomic E-state index is 13.6. The highest BCUT2D eigenvalue weighted by molar-refractivity contribution is 4.93. The number of rotatable bonds is 2. The van der Waals surface area contributed by atoms with Gasteiger partial charge in [-0.3, -0.25) is 14.3 Å². The normalized spacial score (nSPS) is 28.5. The largest absolute Gasteiger partial charge is 0.393 e. The molecular formula is C9H10F2N2O4. The van der Waals surface area contributed by atoms with Gasteiger partial charge in [0, 0.05) is 6.42 Å². The molecule has 0 saturated carbocycles. The number of aromatic amines is 1. The second-order valence-corrected chi connectivity index (χ2v) is 3.92. The number of aliphatic hydroxyl groups is 1. The quantitative estimate of drug-likeness (QED) is 0.724. The Labute approximate surface area is 93.5 Å². The van der Waals surface area contributed by atoms with Gasteiger partial charge in [0.25, 0.3) is 5.56 Å². The van der Waals surface area contributed by atoms with Crippen LogP contribution in [0.1, 0.15) is 12.6 Å². The molecule has 0 spiro atoms. The van der Waals surface area contributed by atoms with Crippen LogP contribution < -0.4 is 11.2 Å². The lowest BCUT2D eigenvalue weighted by atomic mass is 10.1. The minimum atomic E-state index is -1.95. The number of alkyl halides is 1. The highest BCUT2D eigenvalue weighted by atomic mass is 19.1. The first-order valence-corrected chi connectivity index (χ1v) is 4.87. The van der Waals surface area contributed by atoms with Crippen molar-refractivity contribution in [3.63, 3.8) is 0 Å². The molecule has 1 saturated heterocycles. The minimum Gasteiger partial charge on any atom is -0.393 e. The Morgan fingerprint density at radius 1 is 1.65 bits per heavy atom. The molecule has 1 aromatic heterocycles. The average Bonchev–Trinajstić information content (AvgIpc) is 2.67. The standard InChI is InChI=1S/C9H10F2N2O4/c10-5-2-13(8(16)12-7(5)15)6-1-9(11,3-14)4-17-6/h2,6,14H,1,3-4H2,(H,12,15,16)/t6-,9+/m1/s1. The molecule has 94 valence electrons. The van der Waals surface area contributed by atoms with Gasteiger partial charge < -0.3 is 9.84 Å². The SMILES string of the molecule is O=c1[nH]c(=O)n([C@H]2C[C@](F)(CO)CO2)cc1F. The van der Waals surface area contributed by atoms with Crippen LogP contribution in [0.3, 0.4) is 0 Å². The fraction of sp³-hybridized carbons (Fsp3) is 0.556. The summed E-state index contributed by atoms with van der Waals surface area (Å²) >= 11 is 0. The lowest BCUT2D eigenvalue weighted by Gasteiger charge is -2.14. The second-order valence-electron chi connectivity index (χ2n) is 3.92. The Balaban J connectivity index is 2.34. The van der Waals surface area contributed by atoms with E-state index in [1.54, 1.807) is 4.98 Å². The molecule has 0 unspecified atom stereocenters. The molecule has 1 aromatic rings. The number of hydrogen-bond acceptors (Lipinski definition) is 4. The Morgan fingerprint density at radius 2 is 2.35 bits per heavy atom. The third kappa shape index (κ3) is 2.13. The summed E-state index contributed by atoms with van der Waals surface area (Å²) in [6, 6.07) is 0. The van der Waals surface area contributed by atoms with Crippen molar-refractivity contribution in [2.45, 2.75) is 18.3 Å². The van der Waals surface area contributed by atoms with Gasteiger partial charge in [-0.15, -0.1) is 0 Å². The fourth-order valence-electron chi connectivity index (χ4n) is 1.64. The van der Waals surface area contributed by atoms with Gasteiger partial charge in [-0.05, 0) is 0 Å². The minimum absolute atomic E-state index is 0.283. The van der Waals surface area contributed by atoms with Crippen molar-refractivity contribution >= 4 is 0 Å². The fourth-order valence-corrected chi connectivity index (χ4v) is 1.64. The summed E-state index contributed by atoms with van der Waals surface area (Å²) in [5.41, 5.74) is -3.97. The third-order valence-corrected chi connectivity index (χ3v) is 2.59. The van der Waals surface area contributed by atoms with Crippen molar-refractivity contribution in [3.8, 4) is 0 Å². The Hall–Kier alpha value is -1.54. The zero-order chi connectivity index (χ0) is 12.6. The predicted octanol–water partition coefficient (Wildman–Crippen LogP) is -0.705. The summed E-state index contributed by atoms with van der Waals surface area (Å²) in [5, 5.41) is 8.78. The van der Waals surface area contributed by atoms with Gasteiger partial charge in [0.2, 0.25) is 5.82 Å². The van der Waals surface area contributed by atoms with Crippen LogP contribution in [0.25, 0.3) is 0 Å². The van der Waals surface area contributed by atoms with Crippen molar-refractivity contribution in [2.75, 3.05) is 13.2 Å². The molecule has 2 atom stereocenters. The Kier molecular flexibility index (Phi) is 2.84. The molecule has 0 amide bonds. The molecule has 0 aromatic carbocycles. The van der Waals surface area contributed by atoms with Gasteiger partial charge in [-0.1, -0.05) is 0 Å². The number of ether oxygens (including phenoxy) is 1. The monoisotopic (exact) mass is 248 g/mol. The van der Waals surface area contributed by atoms with Crippen molar-refractivity contribution in [3.05, 3.63) is 32.9 Å². The van der Waals surface area contributed by atoms with Crippen molar-refractivity contribution in [1.29, 1.82) is 0 Å². The lowest BCUT2D eigenvalue weighted by molar-refractivity contribution is 0.0269. The van der Waals surface area contributed by atoms with Crippen molar-refractivity contribution < 1.29 is 18.6 Å². The predicted molar refractivity (Wildman–Crippen MR) is 51.8 cm³/mol. The van der Waals surface area contributed by atoms with Crippen molar-refractivity contribution in [1.82, 2.24) is 9.55 Å². The summed E-state index contributed by atoms with van der Waals surface area (Å²) < 4.78 is 32.3. The van der Waals surface area contributed by atoms with Crippen LogP contribution in [-0.4, -0.2) is 33.5 Å². The van der Waals surface area contributed by atoms with Crippen LogP contribution in [0.4, 0.5) is 8.78 Å². The number of aliphatic hydroxyl groups excluding tert-OH is 1. The van der Waals surface area contributed by atoms with Crippen molar-refractivity contribution in [2.24, 2.45) is 0 Å². The van der Waals surface area contributed by atoms with Gasteiger partial charge in [-0.25, -0.2) is 9.18 Å². The van der Waals surface area contributed by atoms with E-state index in [-0.39, 0.29) is 13.0 Å². The van der Waals surface area contributed by atoms with E-state index < -0.39 is 35.6 Å². The summed E-state index contributed by atoms with van der Waals surface area (Å²) in [6.07, 6.45) is -0.657. The molecule has 1 aliphatic rings. The first-order valence-electron chi connectivity index (χ1n) is 4.87. The zero-order valence-electron chi connectivity index (χ0n) is 8.65. The first-order chi connectivity index (χ1) is 7.95. The molecule has 2 rings (SSSR count). The molecule has 2 heterocycles. The number of hydrogen-bond donors (Lipinski definition) is 2. The van der Waals surface area contributed by atoms with E-state index in [0.717, 1.165) is 4.57 Å². The van der Waals surface area contributed by atoms with Crippen LogP contribution in [0, 0.1) is 5.82 Å². The number of nitrogens with one attached hydrogen (secondary N) is 1. The van der Waals surface area contributed by atoms with E-state index in [1.807, 2.05) is 0 Å². The van der Waals surface area contributed by atoms with Crippen LogP contribution in [0.2, 0.25) is 0 Å². The molecular weight excluding hydrogens is 238 g/mol. The molecule has 6 nitrogen and oxygen atoms in total. The summed E-state index contributed by atoms with van der Waals surface area (Å²) in [4.78, 5) is 23.9. The maximum Gasteiger partial charge on any atom is 0.330 e. The Morgan fingerprint density at radius 3 is 2.94 bits per heavy atom. The number of aromatic nitrogens is 2. The van der Waals surface area contributed by atoms with Gasteiger partial charge in [0.05, 0.1) is 19.4 Å². The van der Waals surface area contributed by atoms with E-state index >= 15 is 0 Å². The number of halogens is 2. The van der Waals surface area contributed by atoms with Gasteiger partial charge in [0.15, 0.2) is 5.67 Å². The van der Waals surface area contributed by atoms with Crippen LogP contribution >= 0.6 is 0 Å². The van der Waals surface area contributed by atoms with Gasteiger partial charge in [0.1, 0.15) is 6.23 Å². The molecule has 2 N–H and O–H groups in total. The summed E-state index contributed by atoms with van der Waals surface area (Å²) in [7, 11) is 0. The zero-order valence-corrected chi connectivity index (χ0v) is 8.65. The molecule has 1 aliphatic heterocycles. The first kappa shape index (κ1) is 11.9. The Bertz CT molecular complexity index is 541. The van der Waals surface area contributed by atoms with Gasteiger partial charge >= 0.3 is 5.69 Å². The van der Waals surface area contributed by atoms with Crippen LogP contribution in [-0.2, 0) is 4.74 Å². The van der Waals surface area contributed by atoms with E-state index in [9.17, 15) is 18.4 Å². The molecule has 17 heavy (non-hydrogen) atoms. The molecule has 1 fully saturated rings. The molecule has 0 aliphatic carbocycles. The molecule has 0 bridgehead atoms. The summed E-state index contributed by atoms with van der Waals surface area (Å²) in [6.45, 7) is -1.13. The van der Waals surface area contributed by atoms with Crippen LogP contribution in [0.5, 0.6) is 0 Å². The van der Waals surface area contributed by atoms with E-state index in [0.29, 0.717) is 6.20 Å². The van der Waals surface area contributed by atoms with E-state index in [1.165, 1.54) is 0 Å². The average molecular weight is 248 g/mol. The maximum absolute atomic E-state index is 13.6. The number of H-pyrrole nitrogens is 1. The summed E-state index contributed by atoms with van der Waals surface area (Å²) in [5.74, 6) is -1.16. The number of nitrogens with zero attached hydrogens (tertiary/aromatic N) is 1. The highest BCUT2D eigenvalue weighted by Gasteiger charge is 2.41. The third-order valence-electron chi connectivity index (χ3n) is 2.59. The second kappa shape index (κ2) is 4.04. The topological polar surface area (TPSA) is 84.3 Å². The van der Waals surface area contributed by atoms with E-state index in [2.05, 4.69) is 0 Å². The van der Waals surface area contributed by atoms with Crippen LogP contribution in [0.15, 0.2) is 15.8 Å². The van der Waals surface area contributed by atoms with E-state index in [4.69, 9.17) is 9.84 Å².